The van der Waals surface area contributed by atoms with Crippen LogP contribution in [0.15, 0.2) is 18.2 Å². The van der Waals surface area contributed by atoms with E-state index in [4.69, 9.17) is 0 Å². The van der Waals surface area contributed by atoms with Gasteiger partial charge in [0.05, 0.1) is 27.1 Å². The summed E-state index contributed by atoms with van der Waals surface area (Å²) in [6.07, 6.45) is -0.682. The fraction of sp³-hybridized carbons (Fsp3) is 0.357. The lowest BCUT2D eigenvalue weighted by atomic mass is 10.1. The number of hydrogen-bond donors (Lipinski definition) is 1. The van der Waals surface area contributed by atoms with Gasteiger partial charge in [-0.25, -0.2) is 13.6 Å². The molecule has 6 nitrogen and oxygen atoms in total. The largest absolute Gasteiger partial charge is 0.469 e. The van der Waals surface area contributed by atoms with Crippen LogP contribution in [0.4, 0.5) is 8.78 Å². The second-order valence-corrected chi connectivity index (χ2v) is 4.35. The third-order valence-corrected chi connectivity index (χ3v) is 2.77. The fourth-order valence-corrected chi connectivity index (χ4v) is 1.67. The minimum atomic E-state index is -1.21. The molecule has 0 bridgehead atoms. The van der Waals surface area contributed by atoms with E-state index in [9.17, 15) is 23.2 Å². The molecule has 1 aromatic carbocycles. The minimum Gasteiger partial charge on any atom is -0.469 e. The number of ether oxygens (including phenoxy) is 2. The van der Waals surface area contributed by atoms with Gasteiger partial charge in [-0.3, -0.25) is 9.59 Å². The second kappa shape index (κ2) is 8.06. The van der Waals surface area contributed by atoms with Crippen LogP contribution in [0.2, 0.25) is 0 Å². The molecule has 0 aliphatic rings. The Labute approximate surface area is 125 Å². The number of carbonyl (C=O) groups is 3. The van der Waals surface area contributed by atoms with Crippen LogP contribution in [0.3, 0.4) is 0 Å². The van der Waals surface area contributed by atoms with Crippen molar-refractivity contribution in [1.29, 1.82) is 0 Å². The molecule has 1 aromatic rings. The Morgan fingerprint density at radius 2 is 1.82 bits per heavy atom. The monoisotopic (exact) mass is 315 g/mol. The van der Waals surface area contributed by atoms with E-state index in [-0.39, 0.29) is 12.0 Å². The van der Waals surface area contributed by atoms with Crippen molar-refractivity contribution in [1.82, 2.24) is 5.32 Å². The van der Waals surface area contributed by atoms with Crippen LogP contribution in [-0.4, -0.2) is 38.1 Å². The molecule has 1 atom stereocenters. The number of benzene rings is 1. The Kier molecular flexibility index (Phi) is 6.43. The summed E-state index contributed by atoms with van der Waals surface area (Å²) in [5.41, 5.74) is 0.220. The molecule has 0 heterocycles. The van der Waals surface area contributed by atoms with Gasteiger partial charge in [0.25, 0.3) is 0 Å². The van der Waals surface area contributed by atoms with Crippen LogP contribution < -0.4 is 5.32 Å². The van der Waals surface area contributed by atoms with Crippen molar-refractivity contribution in [2.24, 2.45) is 0 Å². The van der Waals surface area contributed by atoms with E-state index < -0.39 is 41.9 Å². The summed E-state index contributed by atoms with van der Waals surface area (Å²) in [7, 11) is 2.24. The molecule has 0 spiro atoms. The maximum Gasteiger partial charge on any atom is 0.328 e. The van der Waals surface area contributed by atoms with E-state index in [0.717, 1.165) is 26.4 Å². The lowest BCUT2D eigenvalue weighted by Crippen LogP contribution is -2.43. The smallest absolute Gasteiger partial charge is 0.328 e. The highest BCUT2D eigenvalue weighted by Gasteiger charge is 2.25. The Bertz CT molecular complexity index is 576. The van der Waals surface area contributed by atoms with Gasteiger partial charge < -0.3 is 14.8 Å². The van der Waals surface area contributed by atoms with Crippen molar-refractivity contribution in [3.63, 3.8) is 0 Å². The van der Waals surface area contributed by atoms with Crippen LogP contribution in [0.25, 0.3) is 0 Å². The first-order chi connectivity index (χ1) is 10.4. The Hall–Kier alpha value is -2.51. The SMILES string of the molecule is COC(=O)C[C@@H](NC(=O)Cc1ccc(F)c(F)c1)C(=O)OC. The van der Waals surface area contributed by atoms with E-state index in [1.807, 2.05) is 0 Å². The van der Waals surface area contributed by atoms with Crippen LogP contribution >= 0.6 is 0 Å². The second-order valence-electron chi connectivity index (χ2n) is 4.35. The minimum absolute atomic E-state index is 0.220. The summed E-state index contributed by atoms with van der Waals surface area (Å²) in [5, 5.41) is 2.28. The highest BCUT2D eigenvalue weighted by atomic mass is 19.2. The molecule has 1 amide bonds. The van der Waals surface area contributed by atoms with Gasteiger partial charge in [-0.15, -0.1) is 0 Å². The van der Waals surface area contributed by atoms with E-state index in [1.165, 1.54) is 6.07 Å². The lowest BCUT2D eigenvalue weighted by molar-refractivity contribution is -0.150. The number of amides is 1. The van der Waals surface area contributed by atoms with Gasteiger partial charge in [0.1, 0.15) is 6.04 Å². The molecular weight excluding hydrogens is 300 g/mol. The summed E-state index contributed by atoms with van der Waals surface area (Å²) in [5.74, 6) is -4.27. The number of nitrogens with one attached hydrogen (secondary N) is 1. The van der Waals surface area contributed by atoms with Crippen molar-refractivity contribution in [2.75, 3.05) is 14.2 Å². The van der Waals surface area contributed by atoms with Crippen LogP contribution in [0, 0.1) is 11.6 Å². The van der Waals surface area contributed by atoms with Crippen LogP contribution in [-0.2, 0) is 30.3 Å². The molecule has 1 rings (SSSR count). The highest BCUT2D eigenvalue weighted by molar-refractivity contribution is 5.88. The zero-order valence-electron chi connectivity index (χ0n) is 12.0. The fourth-order valence-electron chi connectivity index (χ4n) is 1.67. The summed E-state index contributed by atoms with van der Waals surface area (Å²) >= 11 is 0. The Morgan fingerprint density at radius 1 is 1.14 bits per heavy atom. The van der Waals surface area contributed by atoms with Crippen molar-refractivity contribution in [3.8, 4) is 0 Å². The third-order valence-electron chi connectivity index (χ3n) is 2.77. The van der Waals surface area contributed by atoms with E-state index in [0.29, 0.717) is 0 Å². The molecule has 0 aromatic heterocycles. The van der Waals surface area contributed by atoms with Crippen molar-refractivity contribution < 1.29 is 32.6 Å². The predicted molar refractivity (Wildman–Crippen MR) is 70.6 cm³/mol. The first kappa shape index (κ1) is 17.5. The number of methoxy groups -OCH3 is 2. The normalized spacial score (nSPS) is 11.5. The van der Waals surface area contributed by atoms with E-state index in [2.05, 4.69) is 14.8 Å². The molecule has 0 unspecified atom stereocenters. The van der Waals surface area contributed by atoms with Crippen molar-refractivity contribution >= 4 is 17.8 Å². The zero-order chi connectivity index (χ0) is 16.7. The third kappa shape index (κ3) is 5.12. The molecule has 1 N–H and O–H groups in total. The summed E-state index contributed by atoms with van der Waals surface area (Å²) in [6, 6.07) is 1.80. The zero-order valence-corrected chi connectivity index (χ0v) is 12.0. The van der Waals surface area contributed by atoms with Gasteiger partial charge in [-0.1, -0.05) is 6.07 Å². The number of carbonyl (C=O) groups excluding carboxylic acids is 3. The number of esters is 2. The van der Waals surface area contributed by atoms with Crippen LogP contribution in [0.5, 0.6) is 0 Å². The van der Waals surface area contributed by atoms with Gasteiger partial charge in [-0.2, -0.15) is 0 Å². The van der Waals surface area contributed by atoms with Crippen molar-refractivity contribution in [3.05, 3.63) is 35.4 Å². The molecule has 0 saturated heterocycles. The standard InChI is InChI=1S/C14H15F2NO5/c1-21-13(19)7-11(14(20)22-2)17-12(18)6-8-3-4-9(15)10(16)5-8/h3-5,11H,6-7H2,1-2H3,(H,17,18)/t11-/m1/s1. The summed E-state index contributed by atoms with van der Waals surface area (Å²) < 4.78 is 34.7. The summed E-state index contributed by atoms with van der Waals surface area (Å²) in [4.78, 5) is 34.5. The van der Waals surface area contributed by atoms with E-state index >= 15 is 0 Å². The molecule has 22 heavy (non-hydrogen) atoms. The summed E-state index contributed by atoms with van der Waals surface area (Å²) in [6.45, 7) is 0. The van der Waals surface area contributed by atoms with Gasteiger partial charge in [0.15, 0.2) is 11.6 Å². The van der Waals surface area contributed by atoms with Crippen LogP contribution in [0.1, 0.15) is 12.0 Å². The Morgan fingerprint density at radius 3 is 2.36 bits per heavy atom. The Balaban J connectivity index is 2.71. The molecule has 0 radical (unpaired) electrons. The topological polar surface area (TPSA) is 81.7 Å². The van der Waals surface area contributed by atoms with Gasteiger partial charge >= 0.3 is 11.9 Å². The van der Waals surface area contributed by atoms with Gasteiger partial charge in [-0.05, 0) is 17.7 Å². The lowest BCUT2D eigenvalue weighted by Gasteiger charge is -2.15. The molecule has 0 saturated carbocycles. The average molecular weight is 315 g/mol. The molecular formula is C14H15F2NO5. The maximum absolute atomic E-state index is 13.1. The van der Waals surface area contributed by atoms with E-state index in [1.54, 1.807) is 0 Å². The number of rotatable bonds is 6. The maximum atomic E-state index is 13.1. The molecule has 120 valence electrons. The number of hydrogen-bond acceptors (Lipinski definition) is 5. The van der Waals surface area contributed by atoms with Crippen molar-refractivity contribution in [2.45, 2.75) is 18.9 Å². The quantitative estimate of drug-likeness (QED) is 0.783. The van der Waals surface area contributed by atoms with Gasteiger partial charge in [0, 0.05) is 0 Å². The highest BCUT2D eigenvalue weighted by Crippen LogP contribution is 2.09. The average Bonchev–Trinajstić information content (AvgIpc) is 2.49. The predicted octanol–water partition coefficient (Wildman–Crippen LogP) is 0.728. The molecule has 0 aliphatic carbocycles. The molecule has 8 heteroatoms. The molecule has 0 aliphatic heterocycles. The molecule has 0 fully saturated rings. The number of halogens is 2. The first-order valence-corrected chi connectivity index (χ1v) is 6.25. The first-order valence-electron chi connectivity index (χ1n) is 6.25. The van der Waals surface area contributed by atoms with Gasteiger partial charge in [0.2, 0.25) is 5.91 Å².